The summed E-state index contributed by atoms with van der Waals surface area (Å²) in [6, 6.07) is 8.72. The van der Waals surface area contributed by atoms with Gasteiger partial charge < -0.3 is 10.6 Å². The van der Waals surface area contributed by atoms with Gasteiger partial charge in [-0.15, -0.1) is 6.42 Å². The number of hydrogen-bond acceptors (Lipinski definition) is 1. The van der Waals surface area contributed by atoms with Crippen LogP contribution in [0.4, 0.5) is 0 Å². The Morgan fingerprint density at radius 2 is 1.84 bits per heavy atom. The van der Waals surface area contributed by atoms with Crippen LogP contribution < -0.4 is 10.6 Å². The second-order valence-electron chi connectivity index (χ2n) is 4.24. The lowest BCUT2D eigenvalue weighted by Gasteiger charge is -2.08. The van der Waals surface area contributed by atoms with E-state index in [-0.39, 0.29) is 0 Å². The first-order chi connectivity index (χ1) is 9.30. The van der Waals surface area contributed by atoms with Crippen molar-refractivity contribution in [1.29, 1.82) is 0 Å². The van der Waals surface area contributed by atoms with Gasteiger partial charge in [-0.25, -0.2) is 0 Å². The Bertz CT molecular complexity index is 426. The minimum Gasteiger partial charge on any atom is -0.357 e. The van der Waals surface area contributed by atoms with Crippen LogP contribution in [0.25, 0.3) is 0 Å². The smallest absolute Gasteiger partial charge is 0.192 e. The average Bonchev–Trinajstić information content (AvgIpc) is 2.45. The molecule has 0 aliphatic heterocycles. The Labute approximate surface area is 116 Å². The fourth-order valence-electron chi connectivity index (χ4n) is 1.71. The Morgan fingerprint density at radius 3 is 2.42 bits per heavy atom. The molecule has 0 bridgehead atoms. The summed E-state index contributed by atoms with van der Waals surface area (Å²) in [7, 11) is 0. The van der Waals surface area contributed by atoms with Gasteiger partial charge in [0.2, 0.25) is 0 Å². The lowest BCUT2D eigenvalue weighted by atomic mass is 10.1. The zero-order valence-electron chi connectivity index (χ0n) is 11.9. The topological polar surface area (TPSA) is 36.4 Å². The summed E-state index contributed by atoms with van der Waals surface area (Å²) in [5.74, 6) is 3.33. The van der Waals surface area contributed by atoms with Gasteiger partial charge >= 0.3 is 0 Å². The molecule has 0 amide bonds. The summed E-state index contributed by atoms with van der Waals surface area (Å²) < 4.78 is 0. The molecule has 19 heavy (non-hydrogen) atoms. The molecule has 102 valence electrons. The summed E-state index contributed by atoms with van der Waals surface area (Å²) in [6.07, 6.45) is 7.25. The van der Waals surface area contributed by atoms with Crippen molar-refractivity contribution >= 4 is 5.96 Å². The number of aryl methyl sites for hydroxylation is 1. The highest BCUT2D eigenvalue weighted by molar-refractivity contribution is 5.79. The first-order valence-electron chi connectivity index (χ1n) is 6.83. The molecule has 0 aliphatic carbocycles. The summed E-state index contributed by atoms with van der Waals surface area (Å²) in [6.45, 7) is 6.29. The normalized spacial score (nSPS) is 10.9. The molecule has 3 nitrogen and oxygen atoms in total. The molecule has 0 unspecified atom stereocenters. The molecule has 0 saturated carbocycles. The maximum absolute atomic E-state index is 5.22. The molecule has 0 aliphatic rings. The first-order valence-corrected chi connectivity index (χ1v) is 6.83. The van der Waals surface area contributed by atoms with Gasteiger partial charge in [-0.2, -0.15) is 0 Å². The van der Waals surface area contributed by atoms with Gasteiger partial charge in [0.15, 0.2) is 5.96 Å². The van der Waals surface area contributed by atoms with Crippen LogP contribution in [0.3, 0.4) is 0 Å². The SMILES string of the molecule is C#CCNC(=NCCc1ccc(CC)cc1)NCC. The van der Waals surface area contributed by atoms with Crippen molar-refractivity contribution in [3.63, 3.8) is 0 Å². The molecule has 0 heterocycles. The predicted octanol–water partition coefficient (Wildman–Crippen LogP) is 1.98. The van der Waals surface area contributed by atoms with E-state index in [0.29, 0.717) is 6.54 Å². The van der Waals surface area contributed by atoms with E-state index in [9.17, 15) is 0 Å². The second kappa shape index (κ2) is 9.04. The van der Waals surface area contributed by atoms with E-state index >= 15 is 0 Å². The third kappa shape index (κ3) is 5.96. The van der Waals surface area contributed by atoms with E-state index in [1.54, 1.807) is 0 Å². The van der Waals surface area contributed by atoms with Crippen molar-refractivity contribution in [2.75, 3.05) is 19.6 Å². The van der Waals surface area contributed by atoms with E-state index in [1.807, 2.05) is 6.92 Å². The number of guanidine groups is 1. The lowest BCUT2D eigenvalue weighted by Crippen LogP contribution is -2.37. The standard InChI is InChI=1S/C16H23N3/c1-4-12-18-16(17-6-3)19-13-11-15-9-7-14(5-2)8-10-15/h1,7-10H,5-6,11-13H2,2-3H3,(H2,17,18,19). The zero-order chi connectivity index (χ0) is 13.9. The van der Waals surface area contributed by atoms with Crippen LogP contribution in [0.1, 0.15) is 25.0 Å². The van der Waals surface area contributed by atoms with Crippen LogP contribution in [-0.4, -0.2) is 25.6 Å². The third-order valence-corrected chi connectivity index (χ3v) is 2.80. The second-order valence-corrected chi connectivity index (χ2v) is 4.24. The van der Waals surface area contributed by atoms with Crippen molar-refractivity contribution < 1.29 is 0 Å². The fourth-order valence-corrected chi connectivity index (χ4v) is 1.71. The monoisotopic (exact) mass is 257 g/mol. The molecule has 0 fully saturated rings. The van der Waals surface area contributed by atoms with Crippen LogP contribution in [0.5, 0.6) is 0 Å². The summed E-state index contributed by atoms with van der Waals surface area (Å²) in [4.78, 5) is 4.49. The number of aliphatic imine (C=N–C) groups is 1. The van der Waals surface area contributed by atoms with Gasteiger partial charge in [0.1, 0.15) is 0 Å². The maximum Gasteiger partial charge on any atom is 0.192 e. The Kier molecular flexibility index (Phi) is 7.19. The summed E-state index contributed by atoms with van der Waals surface area (Å²) >= 11 is 0. The van der Waals surface area contributed by atoms with Gasteiger partial charge in [-0.1, -0.05) is 37.1 Å². The Hall–Kier alpha value is -1.95. The molecule has 0 saturated heterocycles. The predicted molar refractivity (Wildman–Crippen MR) is 82.3 cm³/mol. The number of hydrogen-bond donors (Lipinski definition) is 2. The number of rotatable bonds is 6. The van der Waals surface area contributed by atoms with E-state index in [4.69, 9.17) is 6.42 Å². The van der Waals surface area contributed by atoms with Crippen molar-refractivity contribution in [1.82, 2.24) is 10.6 Å². The number of nitrogens with one attached hydrogen (secondary N) is 2. The Morgan fingerprint density at radius 1 is 1.16 bits per heavy atom. The summed E-state index contributed by atoms with van der Waals surface area (Å²) in [5, 5.41) is 6.24. The largest absolute Gasteiger partial charge is 0.357 e. The van der Waals surface area contributed by atoms with Gasteiger partial charge in [0.25, 0.3) is 0 Å². The zero-order valence-corrected chi connectivity index (χ0v) is 11.9. The van der Waals surface area contributed by atoms with Gasteiger partial charge in [-0.05, 0) is 30.9 Å². The maximum atomic E-state index is 5.22. The molecule has 0 radical (unpaired) electrons. The first kappa shape index (κ1) is 15.1. The van der Waals surface area contributed by atoms with Crippen LogP contribution in [0, 0.1) is 12.3 Å². The van der Waals surface area contributed by atoms with Crippen LogP contribution in [0.15, 0.2) is 29.3 Å². The van der Waals surface area contributed by atoms with E-state index < -0.39 is 0 Å². The van der Waals surface area contributed by atoms with E-state index in [2.05, 4.69) is 52.7 Å². The number of benzene rings is 1. The minimum absolute atomic E-state index is 0.497. The fraction of sp³-hybridized carbons (Fsp3) is 0.438. The molecule has 1 aromatic rings. The van der Waals surface area contributed by atoms with Gasteiger partial charge in [0.05, 0.1) is 6.54 Å². The highest BCUT2D eigenvalue weighted by Crippen LogP contribution is 2.05. The third-order valence-electron chi connectivity index (χ3n) is 2.80. The number of terminal acetylenes is 1. The molecule has 1 aromatic carbocycles. The van der Waals surface area contributed by atoms with Crippen LogP contribution in [-0.2, 0) is 12.8 Å². The van der Waals surface area contributed by atoms with E-state index in [0.717, 1.165) is 31.9 Å². The molecule has 3 heteroatoms. The van der Waals surface area contributed by atoms with Gasteiger partial charge in [-0.3, -0.25) is 4.99 Å². The molecule has 1 rings (SSSR count). The van der Waals surface area contributed by atoms with Crippen LogP contribution >= 0.6 is 0 Å². The molecule has 0 aromatic heterocycles. The van der Waals surface area contributed by atoms with E-state index in [1.165, 1.54) is 11.1 Å². The molecular formula is C16H23N3. The van der Waals surface area contributed by atoms with Crippen molar-refractivity contribution in [2.45, 2.75) is 26.7 Å². The van der Waals surface area contributed by atoms with Crippen LogP contribution in [0.2, 0.25) is 0 Å². The lowest BCUT2D eigenvalue weighted by molar-refractivity contribution is 0.855. The molecule has 2 N–H and O–H groups in total. The average molecular weight is 257 g/mol. The van der Waals surface area contributed by atoms with Crippen molar-refractivity contribution in [3.05, 3.63) is 35.4 Å². The molecule has 0 atom stereocenters. The molecular weight excluding hydrogens is 234 g/mol. The highest BCUT2D eigenvalue weighted by Gasteiger charge is 1.96. The quantitative estimate of drug-likeness (QED) is 0.464. The Balaban J connectivity index is 2.46. The number of nitrogens with zero attached hydrogens (tertiary/aromatic N) is 1. The summed E-state index contributed by atoms with van der Waals surface area (Å²) in [5.41, 5.74) is 2.69. The molecule has 0 spiro atoms. The van der Waals surface area contributed by atoms with Crippen molar-refractivity contribution in [2.24, 2.45) is 4.99 Å². The van der Waals surface area contributed by atoms with Gasteiger partial charge in [0, 0.05) is 13.1 Å². The highest BCUT2D eigenvalue weighted by atomic mass is 15.2. The minimum atomic E-state index is 0.497. The van der Waals surface area contributed by atoms with Crippen molar-refractivity contribution in [3.8, 4) is 12.3 Å².